The Morgan fingerprint density at radius 2 is 1.88 bits per heavy atom. The van der Waals surface area contributed by atoms with Gasteiger partial charge in [0.2, 0.25) is 0 Å². The van der Waals surface area contributed by atoms with Gasteiger partial charge >= 0.3 is 0 Å². The van der Waals surface area contributed by atoms with Gasteiger partial charge in [-0.15, -0.1) is 0 Å². The van der Waals surface area contributed by atoms with Crippen molar-refractivity contribution in [3.8, 4) is 17.1 Å². The second-order valence-electron chi connectivity index (χ2n) is 5.20. The summed E-state index contributed by atoms with van der Waals surface area (Å²) in [6, 6.07) is 17.8. The number of hydrogen-bond donors (Lipinski definition) is 1. The third-order valence-corrected chi connectivity index (χ3v) is 4.16. The maximum Gasteiger partial charge on any atom is 0.277 e. The number of amides is 1. The lowest BCUT2D eigenvalue weighted by molar-refractivity contribution is -0.123. The summed E-state index contributed by atoms with van der Waals surface area (Å²) in [4.78, 5) is 11.7. The second-order valence-corrected chi connectivity index (χ2v) is 5.98. The first kappa shape index (κ1) is 18.0. The maximum absolute atomic E-state index is 11.7. The summed E-state index contributed by atoms with van der Waals surface area (Å²) in [5.74, 6) is 1.24. The largest absolute Gasteiger partial charge is 0.484 e. The van der Waals surface area contributed by atoms with E-state index in [-0.39, 0.29) is 12.5 Å². The zero-order valence-corrected chi connectivity index (χ0v) is 15.0. The maximum atomic E-state index is 11.7. The summed E-state index contributed by atoms with van der Waals surface area (Å²) in [5, 5.41) is 4.70. The molecule has 26 heavy (non-hydrogen) atoms. The topological polar surface area (TPSA) is 63.8 Å². The Labute approximate surface area is 160 Å². The monoisotopic (exact) mass is 388 g/mol. The van der Waals surface area contributed by atoms with Crippen LogP contribution in [0.25, 0.3) is 11.3 Å². The summed E-state index contributed by atoms with van der Waals surface area (Å²) in [5.41, 5.74) is 3.05. The third-order valence-electron chi connectivity index (χ3n) is 3.34. The molecule has 0 saturated carbocycles. The molecule has 0 radical (unpaired) electrons. The lowest BCUT2D eigenvalue weighted by Crippen LogP contribution is -2.24. The van der Waals surface area contributed by atoms with E-state index in [0.717, 1.165) is 0 Å². The molecule has 0 spiro atoms. The van der Waals surface area contributed by atoms with E-state index in [1.165, 1.54) is 6.21 Å². The molecule has 1 heterocycles. The summed E-state index contributed by atoms with van der Waals surface area (Å²) in [7, 11) is 0. The Hall–Kier alpha value is -2.76. The molecular formula is C19H14Cl2N2O3. The third kappa shape index (κ3) is 4.65. The van der Waals surface area contributed by atoms with Crippen LogP contribution in [0.4, 0.5) is 0 Å². The van der Waals surface area contributed by atoms with Gasteiger partial charge in [-0.05, 0) is 36.4 Å². The average molecular weight is 389 g/mol. The van der Waals surface area contributed by atoms with E-state index in [1.54, 1.807) is 42.5 Å². The Balaban J connectivity index is 1.55. The van der Waals surface area contributed by atoms with Crippen LogP contribution in [0.3, 0.4) is 0 Å². The van der Waals surface area contributed by atoms with Crippen molar-refractivity contribution in [2.75, 3.05) is 6.61 Å². The molecule has 0 aliphatic heterocycles. The zero-order valence-electron chi connectivity index (χ0n) is 13.5. The van der Waals surface area contributed by atoms with Gasteiger partial charge in [0.1, 0.15) is 17.3 Å². The molecule has 0 aliphatic rings. The van der Waals surface area contributed by atoms with Gasteiger partial charge in [0, 0.05) is 5.56 Å². The molecule has 7 heteroatoms. The Bertz CT molecular complexity index is 924. The number of benzene rings is 2. The second kappa shape index (κ2) is 8.56. The lowest BCUT2D eigenvalue weighted by Gasteiger charge is -2.03. The molecular weight excluding hydrogens is 375 g/mol. The Morgan fingerprint density at radius 3 is 2.69 bits per heavy atom. The van der Waals surface area contributed by atoms with Gasteiger partial charge in [0.25, 0.3) is 5.91 Å². The van der Waals surface area contributed by atoms with Crippen LogP contribution in [0.1, 0.15) is 5.76 Å². The first-order valence-corrected chi connectivity index (χ1v) is 8.43. The number of ether oxygens (including phenoxy) is 1. The molecule has 5 nitrogen and oxygen atoms in total. The summed E-state index contributed by atoms with van der Waals surface area (Å²) >= 11 is 12.2. The number of carbonyl (C=O) groups excluding carboxylic acids is 1. The highest BCUT2D eigenvalue weighted by molar-refractivity contribution is 6.43. The normalized spacial score (nSPS) is 10.8. The van der Waals surface area contributed by atoms with Crippen molar-refractivity contribution in [3.63, 3.8) is 0 Å². The number of halogens is 2. The van der Waals surface area contributed by atoms with Crippen molar-refractivity contribution in [2.45, 2.75) is 0 Å². The molecule has 0 atom stereocenters. The molecule has 0 saturated heterocycles. The molecule has 0 unspecified atom stereocenters. The summed E-state index contributed by atoms with van der Waals surface area (Å²) in [6.07, 6.45) is 1.39. The predicted molar refractivity (Wildman–Crippen MR) is 102 cm³/mol. The molecule has 132 valence electrons. The SMILES string of the molecule is O=C(COc1ccccc1)N/N=C\c1ccc(-c2cccc(Cl)c2Cl)o1. The molecule has 2 aromatic carbocycles. The van der Waals surface area contributed by atoms with Gasteiger partial charge < -0.3 is 9.15 Å². The minimum absolute atomic E-state index is 0.136. The number of para-hydroxylation sites is 1. The number of nitrogens with one attached hydrogen (secondary N) is 1. The van der Waals surface area contributed by atoms with Gasteiger partial charge in [0.15, 0.2) is 6.61 Å². The van der Waals surface area contributed by atoms with Crippen molar-refractivity contribution >= 4 is 35.3 Å². The van der Waals surface area contributed by atoms with Crippen LogP contribution in [0.5, 0.6) is 5.75 Å². The van der Waals surface area contributed by atoms with Gasteiger partial charge in [-0.2, -0.15) is 5.10 Å². The van der Waals surface area contributed by atoms with E-state index >= 15 is 0 Å². The van der Waals surface area contributed by atoms with Crippen LogP contribution in [0, 0.1) is 0 Å². The van der Waals surface area contributed by atoms with Crippen LogP contribution in [-0.2, 0) is 4.79 Å². The molecule has 0 bridgehead atoms. The molecule has 1 N–H and O–H groups in total. The predicted octanol–water partition coefficient (Wildman–Crippen LogP) is 4.78. The van der Waals surface area contributed by atoms with Crippen LogP contribution in [0.15, 0.2) is 70.2 Å². The van der Waals surface area contributed by atoms with Crippen molar-refractivity contribution in [2.24, 2.45) is 5.10 Å². The average Bonchev–Trinajstić information content (AvgIpc) is 3.12. The standard InChI is InChI=1S/C19H14Cl2N2O3/c20-16-8-4-7-15(19(16)21)17-10-9-14(26-17)11-22-23-18(24)12-25-13-5-2-1-3-6-13/h1-11H,12H2,(H,23,24)/b22-11-. The molecule has 0 fully saturated rings. The zero-order chi connectivity index (χ0) is 18.4. The van der Waals surface area contributed by atoms with Gasteiger partial charge in [0.05, 0.1) is 16.3 Å². The van der Waals surface area contributed by atoms with Crippen molar-refractivity contribution in [1.82, 2.24) is 5.43 Å². The first-order chi connectivity index (χ1) is 12.6. The van der Waals surface area contributed by atoms with E-state index in [4.69, 9.17) is 32.4 Å². The highest BCUT2D eigenvalue weighted by Crippen LogP contribution is 2.34. The van der Waals surface area contributed by atoms with E-state index in [9.17, 15) is 4.79 Å². The lowest BCUT2D eigenvalue weighted by atomic mass is 10.2. The molecule has 3 aromatic rings. The van der Waals surface area contributed by atoms with E-state index < -0.39 is 0 Å². The highest BCUT2D eigenvalue weighted by atomic mass is 35.5. The summed E-state index contributed by atoms with van der Waals surface area (Å²) < 4.78 is 11.0. The van der Waals surface area contributed by atoms with Crippen molar-refractivity contribution in [3.05, 3.63) is 76.5 Å². The fraction of sp³-hybridized carbons (Fsp3) is 0.0526. The minimum Gasteiger partial charge on any atom is -0.484 e. The first-order valence-electron chi connectivity index (χ1n) is 7.67. The van der Waals surface area contributed by atoms with Gasteiger partial charge in [-0.3, -0.25) is 4.79 Å². The van der Waals surface area contributed by atoms with Gasteiger partial charge in [-0.1, -0.05) is 47.5 Å². The fourth-order valence-corrected chi connectivity index (χ4v) is 2.52. The number of furan rings is 1. The molecule has 3 rings (SSSR count). The van der Waals surface area contributed by atoms with E-state index in [0.29, 0.717) is 32.9 Å². The summed E-state index contributed by atoms with van der Waals surface area (Å²) in [6.45, 7) is -0.136. The van der Waals surface area contributed by atoms with E-state index in [1.807, 2.05) is 18.2 Å². The minimum atomic E-state index is -0.380. The van der Waals surface area contributed by atoms with Crippen LogP contribution in [-0.4, -0.2) is 18.7 Å². The number of nitrogens with zero attached hydrogens (tertiary/aromatic N) is 1. The quantitative estimate of drug-likeness (QED) is 0.487. The smallest absolute Gasteiger partial charge is 0.277 e. The fourth-order valence-electron chi connectivity index (χ4n) is 2.13. The van der Waals surface area contributed by atoms with Crippen LogP contribution in [0.2, 0.25) is 10.0 Å². The molecule has 0 aliphatic carbocycles. The van der Waals surface area contributed by atoms with Crippen molar-refractivity contribution in [1.29, 1.82) is 0 Å². The molecule has 1 amide bonds. The number of hydrazone groups is 1. The highest BCUT2D eigenvalue weighted by Gasteiger charge is 2.10. The van der Waals surface area contributed by atoms with Crippen molar-refractivity contribution < 1.29 is 13.9 Å². The van der Waals surface area contributed by atoms with Gasteiger partial charge in [-0.25, -0.2) is 5.43 Å². The number of hydrogen-bond acceptors (Lipinski definition) is 4. The van der Waals surface area contributed by atoms with E-state index in [2.05, 4.69) is 10.5 Å². The number of rotatable bonds is 6. The number of carbonyl (C=O) groups is 1. The van der Waals surface area contributed by atoms with Crippen LogP contribution < -0.4 is 10.2 Å². The Kier molecular flexibility index (Phi) is 5.94. The van der Waals surface area contributed by atoms with Crippen LogP contribution >= 0.6 is 23.2 Å². The molecule has 1 aromatic heterocycles. The Morgan fingerprint density at radius 1 is 1.08 bits per heavy atom.